The minimum Gasteiger partial charge on any atom is -0.348 e. The second kappa shape index (κ2) is 7.36. The summed E-state index contributed by atoms with van der Waals surface area (Å²) in [5, 5.41) is 3.64. The Kier molecular flexibility index (Phi) is 4.40. The van der Waals surface area contributed by atoms with E-state index >= 15 is 0 Å². The highest BCUT2D eigenvalue weighted by molar-refractivity contribution is 5.97. The van der Waals surface area contributed by atoms with Crippen molar-refractivity contribution < 1.29 is 9.18 Å². The first-order valence-electron chi connectivity index (χ1n) is 9.38. The number of aromatic amines is 1. The van der Waals surface area contributed by atoms with Crippen LogP contribution in [0.2, 0.25) is 0 Å². The molecule has 0 unspecified atom stereocenters. The van der Waals surface area contributed by atoms with Crippen LogP contribution in [-0.4, -0.2) is 25.8 Å². The summed E-state index contributed by atoms with van der Waals surface area (Å²) in [5.74, 6) is -0.863. The number of amides is 1. The number of carbonyl (C=O) groups excluding carboxylic acids is 1. The van der Waals surface area contributed by atoms with Gasteiger partial charge in [0.1, 0.15) is 5.82 Å². The molecule has 0 aliphatic heterocycles. The summed E-state index contributed by atoms with van der Waals surface area (Å²) in [6.45, 7) is 0.316. The first kappa shape index (κ1) is 17.9. The maximum Gasteiger partial charge on any atom is 0.251 e. The van der Waals surface area contributed by atoms with E-state index in [4.69, 9.17) is 0 Å². The fourth-order valence-electron chi connectivity index (χ4n) is 3.47. The van der Waals surface area contributed by atoms with Gasteiger partial charge in [0.15, 0.2) is 0 Å². The third-order valence-electron chi connectivity index (χ3n) is 4.90. The molecule has 1 amide bonds. The van der Waals surface area contributed by atoms with E-state index in [-0.39, 0.29) is 11.5 Å². The Morgan fingerprint density at radius 3 is 2.83 bits per heavy atom. The van der Waals surface area contributed by atoms with Crippen molar-refractivity contribution in [1.82, 2.24) is 25.3 Å². The number of halogens is 1. The number of aromatic nitrogens is 4. The first-order chi connectivity index (χ1) is 14.7. The smallest absolute Gasteiger partial charge is 0.251 e. The van der Waals surface area contributed by atoms with E-state index in [1.165, 1.54) is 12.1 Å². The molecule has 0 fully saturated rings. The zero-order chi connectivity index (χ0) is 20.5. The van der Waals surface area contributed by atoms with Gasteiger partial charge >= 0.3 is 0 Å². The number of nitrogens with zero attached hydrogens (tertiary/aromatic N) is 3. The summed E-state index contributed by atoms with van der Waals surface area (Å²) in [4.78, 5) is 28.6. The van der Waals surface area contributed by atoms with E-state index in [0.29, 0.717) is 17.8 Å². The van der Waals surface area contributed by atoms with Crippen molar-refractivity contribution >= 4 is 27.8 Å². The summed E-state index contributed by atoms with van der Waals surface area (Å²) in [6.07, 6.45) is 4.94. The molecule has 0 spiro atoms. The van der Waals surface area contributed by atoms with Crippen molar-refractivity contribution in [1.29, 1.82) is 0 Å². The lowest BCUT2D eigenvalue weighted by molar-refractivity contribution is 0.0950. The highest BCUT2D eigenvalue weighted by atomic mass is 19.1. The minimum absolute atomic E-state index is 0.232. The molecule has 0 atom stereocenters. The number of nitrogens with one attached hydrogen (secondary N) is 2. The van der Waals surface area contributed by atoms with Crippen molar-refractivity contribution in [3.63, 3.8) is 0 Å². The molecule has 3 aromatic heterocycles. The Morgan fingerprint density at radius 2 is 1.90 bits per heavy atom. The van der Waals surface area contributed by atoms with Gasteiger partial charge < -0.3 is 10.3 Å². The predicted octanol–water partition coefficient (Wildman–Crippen LogP) is 4.24. The van der Waals surface area contributed by atoms with Gasteiger partial charge in [-0.3, -0.25) is 14.8 Å². The van der Waals surface area contributed by atoms with Gasteiger partial charge in [-0.05, 0) is 54.1 Å². The molecule has 0 aliphatic carbocycles. The Bertz CT molecular complexity index is 1390. The monoisotopic (exact) mass is 397 g/mol. The molecule has 0 saturated heterocycles. The zero-order valence-corrected chi connectivity index (χ0v) is 15.8. The van der Waals surface area contributed by atoms with Gasteiger partial charge in [-0.1, -0.05) is 6.07 Å². The van der Waals surface area contributed by atoms with Gasteiger partial charge in [-0.2, -0.15) is 0 Å². The van der Waals surface area contributed by atoms with E-state index in [0.717, 1.165) is 27.5 Å². The van der Waals surface area contributed by atoms with E-state index in [1.54, 1.807) is 36.9 Å². The molecule has 2 N–H and O–H groups in total. The summed E-state index contributed by atoms with van der Waals surface area (Å²) in [7, 11) is 0. The molecule has 0 bridgehead atoms. The van der Waals surface area contributed by atoms with Gasteiger partial charge in [0.05, 0.1) is 28.6 Å². The molecule has 0 radical (unpaired) electrons. The van der Waals surface area contributed by atoms with Gasteiger partial charge in [-0.15, -0.1) is 0 Å². The number of hydrogen-bond donors (Lipinski definition) is 2. The predicted molar refractivity (Wildman–Crippen MR) is 112 cm³/mol. The molecule has 146 valence electrons. The van der Waals surface area contributed by atoms with Crippen LogP contribution in [0.25, 0.3) is 33.2 Å². The Balaban J connectivity index is 1.43. The molecule has 5 aromatic rings. The topological polar surface area (TPSA) is 83.6 Å². The number of H-pyrrole nitrogens is 1. The molecule has 30 heavy (non-hydrogen) atoms. The second-order valence-electron chi connectivity index (χ2n) is 6.89. The van der Waals surface area contributed by atoms with E-state index < -0.39 is 5.82 Å². The number of hydrogen-bond acceptors (Lipinski definition) is 4. The Morgan fingerprint density at radius 1 is 0.967 bits per heavy atom. The Hall–Kier alpha value is -4.13. The third kappa shape index (κ3) is 3.37. The molecular formula is C23H16FN5O. The fourth-order valence-corrected chi connectivity index (χ4v) is 3.47. The largest absolute Gasteiger partial charge is 0.348 e. The maximum absolute atomic E-state index is 14.3. The average Bonchev–Trinajstić information content (AvgIpc) is 3.24. The molecule has 6 nitrogen and oxygen atoms in total. The Labute approximate surface area is 170 Å². The van der Waals surface area contributed by atoms with Crippen LogP contribution < -0.4 is 5.32 Å². The van der Waals surface area contributed by atoms with Gasteiger partial charge in [-0.25, -0.2) is 9.37 Å². The van der Waals surface area contributed by atoms with Crippen molar-refractivity contribution in [2.24, 2.45) is 0 Å². The molecular weight excluding hydrogens is 381 g/mol. The lowest BCUT2D eigenvalue weighted by atomic mass is 10.0. The van der Waals surface area contributed by atoms with Crippen molar-refractivity contribution in [3.8, 4) is 11.3 Å². The van der Waals surface area contributed by atoms with Gasteiger partial charge in [0.2, 0.25) is 0 Å². The van der Waals surface area contributed by atoms with Crippen LogP contribution in [0.15, 0.2) is 73.3 Å². The molecule has 0 saturated carbocycles. The van der Waals surface area contributed by atoms with Crippen molar-refractivity contribution in [3.05, 3.63) is 90.3 Å². The standard InChI is InChI=1S/C23H16FN5O/c24-17-10-15(22-18-2-1-6-25-19(18)5-7-26-22)9-16(11-17)23(30)27-12-14-3-4-20-21(8-14)29-13-28-20/h1-11,13H,12H2,(H,27,30)(H,28,29). The number of benzene rings is 2. The highest BCUT2D eigenvalue weighted by Crippen LogP contribution is 2.27. The molecule has 3 heterocycles. The molecule has 5 rings (SSSR count). The summed E-state index contributed by atoms with van der Waals surface area (Å²) in [5.41, 5.74) is 4.76. The minimum atomic E-state index is -0.501. The number of rotatable bonds is 4. The number of pyridine rings is 2. The van der Waals surface area contributed by atoms with Crippen LogP contribution in [0.4, 0.5) is 4.39 Å². The summed E-state index contributed by atoms with van der Waals surface area (Å²) >= 11 is 0. The third-order valence-corrected chi connectivity index (χ3v) is 4.90. The van der Waals surface area contributed by atoms with E-state index in [9.17, 15) is 9.18 Å². The summed E-state index contributed by atoms with van der Waals surface area (Å²) in [6, 6.07) is 15.4. The van der Waals surface area contributed by atoms with Crippen LogP contribution in [0, 0.1) is 5.82 Å². The van der Waals surface area contributed by atoms with Crippen LogP contribution in [0.5, 0.6) is 0 Å². The quantitative estimate of drug-likeness (QED) is 0.475. The van der Waals surface area contributed by atoms with E-state index in [2.05, 4.69) is 25.3 Å². The lowest BCUT2D eigenvalue weighted by Gasteiger charge is -2.09. The van der Waals surface area contributed by atoms with Crippen molar-refractivity contribution in [2.45, 2.75) is 6.54 Å². The van der Waals surface area contributed by atoms with Crippen LogP contribution in [0.3, 0.4) is 0 Å². The number of carbonyl (C=O) groups is 1. The second-order valence-corrected chi connectivity index (χ2v) is 6.89. The maximum atomic E-state index is 14.3. The lowest BCUT2D eigenvalue weighted by Crippen LogP contribution is -2.23. The fraction of sp³-hybridized carbons (Fsp3) is 0.0435. The molecule has 0 aliphatic rings. The van der Waals surface area contributed by atoms with Crippen LogP contribution in [-0.2, 0) is 6.54 Å². The average molecular weight is 397 g/mol. The highest BCUT2D eigenvalue weighted by Gasteiger charge is 2.13. The normalized spacial score (nSPS) is 11.1. The molecule has 2 aromatic carbocycles. The van der Waals surface area contributed by atoms with Crippen LogP contribution in [0.1, 0.15) is 15.9 Å². The summed E-state index contributed by atoms with van der Waals surface area (Å²) < 4.78 is 14.3. The molecule has 7 heteroatoms. The van der Waals surface area contributed by atoms with E-state index in [1.807, 2.05) is 24.3 Å². The van der Waals surface area contributed by atoms with Gasteiger partial charge in [0, 0.05) is 35.5 Å². The SMILES string of the molecule is O=C(NCc1ccc2nc[nH]c2c1)c1cc(F)cc(-c2nccc3ncccc23)c1. The zero-order valence-electron chi connectivity index (χ0n) is 15.8. The number of fused-ring (bicyclic) bond motifs is 2. The number of imidazole rings is 1. The van der Waals surface area contributed by atoms with Crippen molar-refractivity contribution in [2.75, 3.05) is 0 Å². The van der Waals surface area contributed by atoms with Crippen LogP contribution >= 0.6 is 0 Å². The first-order valence-corrected chi connectivity index (χ1v) is 9.38. The van der Waals surface area contributed by atoms with Gasteiger partial charge in [0.25, 0.3) is 5.91 Å².